The summed E-state index contributed by atoms with van der Waals surface area (Å²) in [7, 11) is 0. The van der Waals surface area contributed by atoms with E-state index in [1.807, 2.05) is 42.2 Å². The van der Waals surface area contributed by atoms with E-state index in [1.165, 1.54) is 21.8 Å². The molecule has 1 aliphatic heterocycles. The molecule has 16 heavy (non-hydrogen) atoms. The van der Waals surface area contributed by atoms with E-state index in [0.29, 0.717) is 0 Å². The normalized spacial score (nSPS) is 15.7. The second-order valence-corrected chi connectivity index (χ2v) is 7.62. The van der Waals surface area contributed by atoms with E-state index in [4.69, 9.17) is 0 Å². The standard InChI is InChI=1S/C11H16OS4/c1-2-4-11(12)15-6-3-5-13-7-10-8-14-9-16-10/h2,4,8H,3,5-7,9H2,1H3. The molecular weight excluding hydrogens is 276 g/mol. The highest BCUT2D eigenvalue weighted by molar-refractivity contribution is 8.22. The van der Waals surface area contributed by atoms with E-state index in [0.717, 1.165) is 23.7 Å². The topological polar surface area (TPSA) is 17.1 Å². The van der Waals surface area contributed by atoms with Crippen molar-refractivity contribution >= 4 is 52.2 Å². The molecule has 0 radical (unpaired) electrons. The lowest BCUT2D eigenvalue weighted by molar-refractivity contribution is -0.107. The van der Waals surface area contributed by atoms with E-state index in [9.17, 15) is 4.79 Å². The highest BCUT2D eigenvalue weighted by Crippen LogP contribution is 2.33. The first-order chi connectivity index (χ1) is 7.83. The van der Waals surface area contributed by atoms with Crippen LogP contribution in [-0.2, 0) is 4.79 Å². The van der Waals surface area contributed by atoms with Crippen LogP contribution < -0.4 is 0 Å². The van der Waals surface area contributed by atoms with Crippen molar-refractivity contribution in [2.75, 3.05) is 22.3 Å². The number of carbonyl (C=O) groups excluding carboxylic acids is 1. The van der Waals surface area contributed by atoms with Crippen molar-refractivity contribution in [1.29, 1.82) is 0 Å². The van der Waals surface area contributed by atoms with Gasteiger partial charge in [-0.1, -0.05) is 17.8 Å². The van der Waals surface area contributed by atoms with Crippen LogP contribution in [0.3, 0.4) is 0 Å². The lowest BCUT2D eigenvalue weighted by Crippen LogP contribution is -1.91. The van der Waals surface area contributed by atoms with Crippen LogP contribution in [0, 0.1) is 0 Å². The molecule has 0 spiro atoms. The molecule has 1 aliphatic rings. The van der Waals surface area contributed by atoms with Crippen LogP contribution in [0.2, 0.25) is 0 Å². The molecule has 0 saturated carbocycles. The summed E-state index contributed by atoms with van der Waals surface area (Å²) in [5.74, 6) is 3.24. The fourth-order valence-corrected chi connectivity index (χ4v) is 5.30. The van der Waals surface area contributed by atoms with Gasteiger partial charge in [0.25, 0.3) is 0 Å². The number of allylic oxidation sites excluding steroid dienone is 1. The fraction of sp³-hybridized carbons (Fsp3) is 0.545. The minimum absolute atomic E-state index is 0.179. The Bertz CT molecular complexity index is 273. The average molecular weight is 293 g/mol. The lowest BCUT2D eigenvalue weighted by Gasteiger charge is -2.00. The number of hydrogen-bond acceptors (Lipinski definition) is 5. The first-order valence-corrected chi connectivity index (χ1v) is 9.31. The van der Waals surface area contributed by atoms with Crippen molar-refractivity contribution in [2.24, 2.45) is 0 Å². The van der Waals surface area contributed by atoms with Gasteiger partial charge in [0.05, 0.1) is 0 Å². The van der Waals surface area contributed by atoms with Gasteiger partial charge in [0, 0.05) is 21.5 Å². The zero-order chi connectivity index (χ0) is 11.6. The van der Waals surface area contributed by atoms with Gasteiger partial charge in [0.15, 0.2) is 0 Å². The van der Waals surface area contributed by atoms with Crippen molar-refractivity contribution in [3.05, 3.63) is 22.5 Å². The van der Waals surface area contributed by atoms with Gasteiger partial charge in [-0.05, 0) is 30.6 Å². The van der Waals surface area contributed by atoms with Gasteiger partial charge >= 0.3 is 0 Å². The van der Waals surface area contributed by atoms with Crippen LogP contribution in [0.25, 0.3) is 0 Å². The Labute approximate surface area is 115 Å². The van der Waals surface area contributed by atoms with E-state index in [-0.39, 0.29) is 5.12 Å². The van der Waals surface area contributed by atoms with Crippen LogP contribution in [0.4, 0.5) is 0 Å². The maximum absolute atomic E-state index is 11.1. The zero-order valence-corrected chi connectivity index (χ0v) is 12.6. The molecule has 1 rings (SSSR count). The van der Waals surface area contributed by atoms with Crippen LogP contribution in [0.15, 0.2) is 22.5 Å². The van der Waals surface area contributed by atoms with Gasteiger partial charge in [0.2, 0.25) is 5.12 Å². The van der Waals surface area contributed by atoms with Gasteiger partial charge in [-0.25, -0.2) is 0 Å². The van der Waals surface area contributed by atoms with E-state index in [2.05, 4.69) is 5.41 Å². The van der Waals surface area contributed by atoms with Crippen molar-refractivity contribution in [3.8, 4) is 0 Å². The van der Waals surface area contributed by atoms with Gasteiger partial charge < -0.3 is 0 Å². The van der Waals surface area contributed by atoms with Gasteiger partial charge in [-0.15, -0.1) is 23.5 Å². The van der Waals surface area contributed by atoms with Crippen LogP contribution in [0.1, 0.15) is 13.3 Å². The third-order valence-electron chi connectivity index (χ3n) is 1.75. The van der Waals surface area contributed by atoms with E-state index in [1.54, 1.807) is 12.2 Å². The summed E-state index contributed by atoms with van der Waals surface area (Å²) in [6.45, 7) is 1.87. The van der Waals surface area contributed by atoms with E-state index >= 15 is 0 Å². The molecular formula is C11H16OS4. The zero-order valence-electron chi connectivity index (χ0n) is 9.31. The summed E-state index contributed by atoms with van der Waals surface area (Å²) < 4.78 is 0. The third-order valence-corrected chi connectivity index (χ3v) is 6.19. The summed E-state index contributed by atoms with van der Waals surface area (Å²) in [5.41, 5.74) is 0. The Morgan fingerprint density at radius 1 is 1.56 bits per heavy atom. The minimum Gasteiger partial charge on any atom is -0.282 e. The third kappa shape index (κ3) is 6.99. The Kier molecular flexibility index (Phi) is 8.74. The molecule has 0 saturated heterocycles. The molecule has 0 fully saturated rings. The maximum atomic E-state index is 11.1. The minimum atomic E-state index is 0.179. The second-order valence-electron chi connectivity index (χ2n) is 3.09. The van der Waals surface area contributed by atoms with Gasteiger partial charge in [-0.3, -0.25) is 4.79 Å². The van der Waals surface area contributed by atoms with Gasteiger partial charge in [0.1, 0.15) is 0 Å². The fourth-order valence-electron chi connectivity index (χ4n) is 1.04. The summed E-state index contributed by atoms with van der Waals surface area (Å²) in [4.78, 5) is 12.6. The van der Waals surface area contributed by atoms with E-state index < -0.39 is 0 Å². The molecule has 1 nitrogen and oxygen atoms in total. The smallest absolute Gasteiger partial charge is 0.211 e. The van der Waals surface area contributed by atoms with Crippen LogP contribution in [0.5, 0.6) is 0 Å². The molecule has 5 heteroatoms. The Balaban J connectivity index is 1.90. The molecule has 90 valence electrons. The van der Waals surface area contributed by atoms with Crippen molar-refractivity contribution < 1.29 is 4.79 Å². The Morgan fingerprint density at radius 2 is 2.44 bits per heavy atom. The van der Waals surface area contributed by atoms with Crippen molar-refractivity contribution in [3.63, 3.8) is 0 Å². The molecule has 0 unspecified atom stereocenters. The molecule has 0 aromatic rings. The van der Waals surface area contributed by atoms with Gasteiger partial charge in [-0.2, -0.15) is 11.8 Å². The predicted octanol–water partition coefficient (Wildman–Crippen LogP) is 4.22. The molecule has 0 amide bonds. The average Bonchev–Trinajstić information content (AvgIpc) is 2.76. The molecule has 0 aliphatic carbocycles. The summed E-state index contributed by atoms with van der Waals surface area (Å²) in [6.07, 6.45) is 4.55. The van der Waals surface area contributed by atoms with Crippen molar-refractivity contribution in [2.45, 2.75) is 13.3 Å². The Morgan fingerprint density at radius 3 is 3.12 bits per heavy atom. The highest BCUT2D eigenvalue weighted by atomic mass is 32.2. The SMILES string of the molecule is CC=CC(=O)SCCCSCC1=CSCS1. The maximum Gasteiger partial charge on any atom is 0.211 e. The van der Waals surface area contributed by atoms with Crippen LogP contribution >= 0.6 is 47.0 Å². The molecule has 0 aromatic carbocycles. The monoisotopic (exact) mass is 292 g/mol. The van der Waals surface area contributed by atoms with Crippen LogP contribution in [-0.4, -0.2) is 27.5 Å². The quantitative estimate of drug-likeness (QED) is 0.514. The Hall–Kier alpha value is 0.550. The number of hydrogen-bond donors (Lipinski definition) is 0. The second kappa shape index (κ2) is 9.57. The molecule has 0 atom stereocenters. The molecule has 0 aromatic heterocycles. The largest absolute Gasteiger partial charge is 0.282 e. The molecule has 0 N–H and O–H groups in total. The molecule has 1 heterocycles. The number of thioether (sulfide) groups is 4. The number of rotatable bonds is 7. The summed E-state index contributed by atoms with van der Waals surface area (Å²) in [5, 5.41) is 3.63. The number of carbonyl (C=O) groups is 1. The van der Waals surface area contributed by atoms with Crippen molar-refractivity contribution in [1.82, 2.24) is 0 Å². The first-order valence-electron chi connectivity index (χ1n) is 5.13. The predicted molar refractivity (Wildman–Crippen MR) is 82.4 cm³/mol. The summed E-state index contributed by atoms with van der Waals surface area (Å²) in [6, 6.07) is 0. The molecule has 0 bridgehead atoms. The highest BCUT2D eigenvalue weighted by Gasteiger charge is 2.05. The lowest BCUT2D eigenvalue weighted by atomic mass is 10.6. The summed E-state index contributed by atoms with van der Waals surface area (Å²) >= 11 is 7.23. The first kappa shape index (κ1) is 14.6.